The average molecular weight is 280 g/mol. The van der Waals surface area contributed by atoms with Gasteiger partial charge in [-0.1, -0.05) is 5.21 Å². The summed E-state index contributed by atoms with van der Waals surface area (Å²) in [5.41, 5.74) is 0.311. The van der Waals surface area contributed by atoms with Gasteiger partial charge in [0.2, 0.25) is 5.91 Å². The van der Waals surface area contributed by atoms with Gasteiger partial charge < -0.3 is 16.0 Å². The van der Waals surface area contributed by atoms with Gasteiger partial charge in [0.05, 0.1) is 12.2 Å². The predicted molar refractivity (Wildman–Crippen MR) is 72.2 cm³/mol. The fourth-order valence-electron chi connectivity index (χ4n) is 2.14. The summed E-state index contributed by atoms with van der Waals surface area (Å²) in [4.78, 5) is 22.5. The van der Waals surface area contributed by atoms with E-state index in [1.807, 2.05) is 0 Å². The Morgan fingerprint density at radius 2 is 2.05 bits per heavy atom. The van der Waals surface area contributed by atoms with Crippen molar-refractivity contribution in [2.24, 2.45) is 0 Å². The van der Waals surface area contributed by atoms with Gasteiger partial charge in [-0.15, -0.1) is 5.10 Å². The molecule has 0 aromatic carbocycles. The highest BCUT2D eigenvalue weighted by Gasteiger charge is 2.18. The number of hydrogen-bond donors (Lipinski definition) is 3. The molecule has 0 aliphatic carbocycles. The van der Waals surface area contributed by atoms with Crippen LogP contribution in [0.25, 0.3) is 0 Å². The van der Waals surface area contributed by atoms with E-state index >= 15 is 0 Å². The van der Waals surface area contributed by atoms with Crippen molar-refractivity contribution in [1.82, 2.24) is 30.9 Å². The van der Waals surface area contributed by atoms with Gasteiger partial charge in [0.1, 0.15) is 0 Å². The summed E-state index contributed by atoms with van der Waals surface area (Å²) in [6.07, 6.45) is 3.67. The smallest absolute Gasteiger partial charge is 0.273 e. The van der Waals surface area contributed by atoms with Crippen molar-refractivity contribution < 1.29 is 9.59 Å². The Bertz CT molecular complexity index is 466. The Morgan fingerprint density at radius 1 is 1.35 bits per heavy atom. The minimum atomic E-state index is -0.268. The molecule has 2 rings (SSSR count). The van der Waals surface area contributed by atoms with Crippen LogP contribution in [0.1, 0.15) is 36.3 Å². The molecule has 1 aromatic rings. The largest absolute Gasteiger partial charge is 0.355 e. The van der Waals surface area contributed by atoms with E-state index in [0.717, 1.165) is 25.9 Å². The lowest BCUT2D eigenvalue weighted by Gasteiger charge is -2.22. The summed E-state index contributed by atoms with van der Waals surface area (Å²) >= 11 is 0. The van der Waals surface area contributed by atoms with Crippen LogP contribution in [0, 0.1) is 0 Å². The zero-order valence-electron chi connectivity index (χ0n) is 11.6. The first kappa shape index (κ1) is 14.4. The molecule has 20 heavy (non-hydrogen) atoms. The molecule has 1 saturated heterocycles. The second kappa shape index (κ2) is 6.99. The minimum absolute atomic E-state index is 0.115. The van der Waals surface area contributed by atoms with Gasteiger partial charge in [-0.05, 0) is 25.9 Å². The van der Waals surface area contributed by atoms with E-state index in [0.29, 0.717) is 24.8 Å². The maximum absolute atomic E-state index is 11.8. The van der Waals surface area contributed by atoms with E-state index in [1.54, 1.807) is 10.9 Å². The SMILES string of the molecule is CC(=O)NCCNC(=O)c1cn(C2CCNCC2)nn1. The van der Waals surface area contributed by atoms with Crippen molar-refractivity contribution in [3.05, 3.63) is 11.9 Å². The standard InChI is InChI=1S/C12H20N6O2/c1-9(19)14-6-7-15-12(20)11-8-18(17-16-11)10-2-4-13-5-3-10/h8,10,13H,2-7H2,1H3,(H,14,19)(H,15,20). The molecule has 0 atom stereocenters. The summed E-state index contributed by atoms with van der Waals surface area (Å²) in [6, 6.07) is 0.310. The highest BCUT2D eigenvalue weighted by atomic mass is 16.2. The maximum atomic E-state index is 11.8. The molecule has 1 aliphatic heterocycles. The van der Waals surface area contributed by atoms with Gasteiger partial charge in [-0.25, -0.2) is 4.68 Å². The minimum Gasteiger partial charge on any atom is -0.355 e. The molecule has 0 saturated carbocycles. The topological polar surface area (TPSA) is 101 Å². The Labute approximate surface area is 117 Å². The first-order valence-electron chi connectivity index (χ1n) is 6.82. The van der Waals surface area contributed by atoms with Crippen LogP contribution in [0.3, 0.4) is 0 Å². The Balaban J connectivity index is 1.81. The first-order chi connectivity index (χ1) is 9.66. The van der Waals surface area contributed by atoms with Crippen LogP contribution in [0.15, 0.2) is 6.20 Å². The molecule has 0 bridgehead atoms. The Kier molecular flexibility index (Phi) is 5.05. The fraction of sp³-hybridized carbons (Fsp3) is 0.667. The molecular weight excluding hydrogens is 260 g/mol. The fourth-order valence-corrected chi connectivity index (χ4v) is 2.14. The third-order valence-corrected chi connectivity index (χ3v) is 3.21. The summed E-state index contributed by atoms with van der Waals surface area (Å²) in [5, 5.41) is 16.5. The number of nitrogens with one attached hydrogen (secondary N) is 3. The van der Waals surface area contributed by atoms with Crippen molar-refractivity contribution >= 4 is 11.8 Å². The Morgan fingerprint density at radius 3 is 2.75 bits per heavy atom. The summed E-state index contributed by atoms with van der Waals surface area (Å²) in [5.74, 6) is -0.383. The monoisotopic (exact) mass is 280 g/mol. The predicted octanol–water partition coefficient (Wildman–Crippen LogP) is -0.931. The zero-order chi connectivity index (χ0) is 14.4. The zero-order valence-corrected chi connectivity index (χ0v) is 11.6. The van der Waals surface area contributed by atoms with Crippen LogP contribution >= 0.6 is 0 Å². The molecule has 1 aliphatic rings. The number of amides is 2. The van der Waals surface area contributed by atoms with Crippen molar-refractivity contribution in [3.63, 3.8) is 0 Å². The summed E-state index contributed by atoms with van der Waals surface area (Å²) < 4.78 is 1.77. The third-order valence-electron chi connectivity index (χ3n) is 3.21. The number of aromatic nitrogens is 3. The molecule has 110 valence electrons. The number of carbonyl (C=O) groups is 2. The van der Waals surface area contributed by atoms with Gasteiger partial charge in [-0.3, -0.25) is 9.59 Å². The quantitative estimate of drug-likeness (QED) is 0.605. The molecule has 8 heteroatoms. The maximum Gasteiger partial charge on any atom is 0.273 e. The van der Waals surface area contributed by atoms with Crippen LogP contribution in [-0.4, -0.2) is 53.0 Å². The number of piperidine rings is 1. The second-order valence-electron chi connectivity index (χ2n) is 4.80. The van der Waals surface area contributed by atoms with E-state index in [9.17, 15) is 9.59 Å². The molecular formula is C12H20N6O2. The average Bonchev–Trinajstić information content (AvgIpc) is 2.94. The van der Waals surface area contributed by atoms with Crippen molar-refractivity contribution in [1.29, 1.82) is 0 Å². The van der Waals surface area contributed by atoms with E-state index in [1.165, 1.54) is 6.92 Å². The Hall–Kier alpha value is -1.96. The van der Waals surface area contributed by atoms with Crippen LogP contribution < -0.4 is 16.0 Å². The van der Waals surface area contributed by atoms with Gasteiger partial charge in [0.25, 0.3) is 5.91 Å². The number of carbonyl (C=O) groups excluding carboxylic acids is 2. The van der Waals surface area contributed by atoms with Crippen LogP contribution in [0.2, 0.25) is 0 Å². The molecule has 1 fully saturated rings. The highest BCUT2D eigenvalue weighted by Crippen LogP contribution is 2.16. The molecule has 1 aromatic heterocycles. The number of nitrogens with zero attached hydrogens (tertiary/aromatic N) is 3. The van der Waals surface area contributed by atoms with Crippen molar-refractivity contribution in [3.8, 4) is 0 Å². The van der Waals surface area contributed by atoms with Crippen molar-refractivity contribution in [2.45, 2.75) is 25.8 Å². The molecule has 0 spiro atoms. The lowest BCUT2D eigenvalue weighted by atomic mass is 10.1. The number of hydrogen-bond acceptors (Lipinski definition) is 5. The highest BCUT2D eigenvalue weighted by molar-refractivity contribution is 5.91. The molecule has 2 heterocycles. The summed E-state index contributed by atoms with van der Waals surface area (Å²) in [7, 11) is 0. The molecule has 8 nitrogen and oxygen atoms in total. The van der Waals surface area contributed by atoms with Crippen LogP contribution in [0.4, 0.5) is 0 Å². The van der Waals surface area contributed by atoms with Gasteiger partial charge in [0.15, 0.2) is 5.69 Å². The first-order valence-corrected chi connectivity index (χ1v) is 6.82. The van der Waals surface area contributed by atoms with E-state index in [4.69, 9.17) is 0 Å². The third kappa shape index (κ3) is 4.02. The lowest BCUT2D eigenvalue weighted by Crippen LogP contribution is -2.33. The molecule has 2 amide bonds. The molecule has 0 unspecified atom stereocenters. The lowest BCUT2D eigenvalue weighted by molar-refractivity contribution is -0.118. The number of rotatable bonds is 5. The summed E-state index contributed by atoms with van der Waals surface area (Å²) in [6.45, 7) is 4.14. The van der Waals surface area contributed by atoms with Crippen LogP contribution in [-0.2, 0) is 4.79 Å². The van der Waals surface area contributed by atoms with Gasteiger partial charge in [-0.2, -0.15) is 0 Å². The molecule has 3 N–H and O–H groups in total. The van der Waals surface area contributed by atoms with Gasteiger partial charge in [0, 0.05) is 20.0 Å². The normalized spacial score (nSPS) is 15.8. The molecule has 0 radical (unpaired) electrons. The van der Waals surface area contributed by atoms with E-state index < -0.39 is 0 Å². The van der Waals surface area contributed by atoms with E-state index in [-0.39, 0.29) is 11.8 Å². The van der Waals surface area contributed by atoms with Gasteiger partial charge >= 0.3 is 0 Å². The second-order valence-corrected chi connectivity index (χ2v) is 4.80. The van der Waals surface area contributed by atoms with Crippen molar-refractivity contribution in [2.75, 3.05) is 26.2 Å². The van der Waals surface area contributed by atoms with E-state index in [2.05, 4.69) is 26.3 Å². The van der Waals surface area contributed by atoms with Crippen LogP contribution in [0.5, 0.6) is 0 Å².